The number of thioether (sulfide) groups is 2. The van der Waals surface area contributed by atoms with E-state index in [2.05, 4.69) is 32.2 Å². The largest absolute Gasteiger partial charge is 0.387 e. The van der Waals surface area contributed by atoms with Gasteiger partial charge in [-0.3, -0.25) is 0 Å². The molecule has 0 radical (unpaired) electrons. The van der Waals surface area contributed by atoms with Crippen LogP contribution in [0.5, 0.6) is 0 Å². The molecule has 1 saturated heterocycles. The molecule has 1 N–H and O–H groups in total. The minimum absolute atomic E-state index is 0.294. The fourth-order valence-corrected chi connectivity index (χ4v) is 5.54. The van der Waals surface area contributed by atoms with E-state index in [4.69, 9.17) is 0 Å². The van der Waals surface area contributed by atoms with E-state index in [0.717, 1.165) is 11.3 Å². The zero-order valence-electron chi connectivity index (χ0n) is 9.84. The summed E-state index contributed by atoms with van der Waals surface area (Å²) in [6, 6.07) is 2.11. The molecule has 4 heteroatoms. The monoisotopic (exact) mass is 274 g/mol. The first-order chi connectivity index (χ1) is 7.58. The van der Waals surface area contributed by atoms with E-state index in [1.807, 2.05) is 23.5 Å². The Morgan fingerprint density at radius 2 is 2.12 bits per heavy atom. The molecule has 0 saturated carbocycles. The summed E-state index contributed by atoms with van der Waals surface area (Å²) < 4.78 is 0. The Morgan fingerprint density at radius 1 is 1.38 bits per heavy atom. The summed E-state index contributed by atoms with van der Waals surface area (Å²) in [7, 11) is 0. The predicted molar refractivity (Wildman–Crippen MR) is 76.8 cm³/mol. The van der Waals surface area contributed by atoms with Crippen LogP contribution in [-0.2, 0) is 0 Å². The molecule has 1 aliphatic rings. The molecule has 1 aliphatic heterocycles. The van der Waals surface area contributed by atoms with Crippen LogP contribution >= 0.6 is 34.9 Å². The van der Waals surface area contributed by atoms with E-state index in [0.29, 0.717) is 15.7 Å². The number of rotatable bonds is 2. The predicted octanol–water partition coefficient (Wildman–Crippen LogP) is 3.72. The highest BCUT2D eigenvalue weighted by Crippen LogP contribution is 2.41. The summed E-state index contributed by atoms with van der Waals surface area (Å²) in [5, 5.41) is 14.1. The van der Waals surface area contributed by atoms with Crippen LogP contribution in [0.4, 0.5) is 0 Å². The van der Waals surface area contributed by atoms with Gasteiger partial charge in [0.2, 0.25) is 0 Å². The van der Waals surface area contributed by atoms with Gasteiger partial charge in [0.15, 0.2) is 0 Å². The van der Waals surface area contributed by atoms with Crippen molar-refractivity contribution in [2.45, 2.75) is 42.6 Å². The molecule has 2 rings (SSSR count). The highest BCUT2D eigenvalue weighted by Gasteiger charge is 2.31. The van der Waals surface area contributed by atoms with Gasteiger partial charge in [0.25, 0.3) is 0 Å². The summed E-state index contributed by atoms with van der Waals surface area (Å²) in [6.45, 7) is 6.63. The van der Waals surface area contributed by atoms with Crippen molar-refractivity contribution in [1.29, 1.82) is 0 Å². The average Bonchev–Trinajstić information content (AvgIpc) is 2.68. The Bertz CT molecular complexity index is 350. The molecule has 2 heterocycles. The normalized spacial score (nSPS) is 32.6. The molecule has 1 fully saturated rings. The molecule has 0 aliphatic carbocycles. The van der Waals surface area contributed by atoms with Gasteiger partial charge in [-0.15, -0.1) is 11.3 Å². The van der Waals surface area contributed by atoms with E-state index >= 15 is 0 Å². The summed E-state index contributed by atoms with van der Waals surface area (Å²) in [5.74, 6) is 1.06. The Morgan fingerprint density at radius 3 is 2.69 bits per heavy atom. The Balaban J connectivity index is 2.02. The van der Waals surface area contributed by atoms with Gasteiger partial charge in [0.1, 0.15) is 0 Å². The molecule has 0 amide bonds. The summed E-state index contributed by atoms with van der Waals surface area (Å²) >= 11 is 5.65. The number of aryl methyl sites for hydroxylation is 1. The van der Waals surface area contributed by atoms with Crippen LogP contribution in [0.15, 0.2) is 11.4 Å². The molecule has 0 bridgehead atoms. The second-order valence-electron chi connectivity index (χ2n) is 4.35. The van der Waals surface area contributed by atoms with E-state index < -0.39 is 0 Å². The number of aliphatic hydroxyl groups is 1. The maximum absolute atomic E-state index is 10.3. The zero-order valence-corrected chi connectivity index (χ0v) is 12.3. The van der Waals surface area contributed by atoms with E-state index in [1.54, 1.807) is 11.3 Å². The van der Waals surface area contributed by atoms with Crippen LogP contribution in [0.2, 0.25) is 0 Å². The maximum Gasteiger partial charge on any atom is 0.0924 e. The van der Waals surface area contributed by atoms with Gasteiger partial charge in [-0.2, -0.15) is 23.5 Å². The first-order valence-corrected chi connectivity index (χ1v) is 8.45. The lowest BCUT2D eigenvalue weighted by Gasteiger charge is -2.33. The average molecular weight is 274 g/mol. The van der Waals surface area contributed by atoms with Gasteiger partial charge >= 0.3 is 0 Å². The van der Waals surface area contributed by atoms with E-state index in [-0.39, 0.29) is 6.10 Å². The summed E-state index contributed by atoms with van der Waals surface area (Å²) in [6.07, 6.45) is -0.294. The van der Waals surface area contributed by atoms with Crippen molar-refractivity contribution >= 4 is 34.9 Å². The number of hydrogen-bond donors (Lipinski definition) is 1. The molecule has 90 valence electrons. The van der Waals surface area contributed by atoms with Crippen molar-refractivity contribution < 1.29 is 5.11 Å². The minimum atomic E-state index is -0.294. The standard InChI is InChI=1S/C12H18OS3/c1-7-4-10(5-14-7)12(13)11-6-15-8(2)9(3)16-11/h4-5,8-9,11-13H,6H2,1-3H3. The van der Waals surface area contributed by atoms with Crippen molar-refractivity contribution in [3.63, 3.8) is 0 Å². The van der Waals surface area contributed by atoms with Crippen LogP contribution < -0.4 is 0 Å². The fourth-order valence-electron chi connectivity index (χ4n) is 1.81. The SMILES string of the molecule is Cc1cc(C(O)C2CSC(C)C(C)S2)cs1. The van der Waals surface area contributed by atoms with Gasteiger partial charge < -0.3 is 5.11 Å². The Hall–Kier alpha value is 0.360. The molecule has 0 spiro atoms. The highest BCUT2D eigenvalue weighted by atomic mass is 32.2. The van der Waals surface area contributed by atoms with E-state index in [9.17, 15) is 5.11 Å². The Kier molecular flexibility index (Phi) is 4.27. The fraction of sp³-hybridized carbons (Fsp3) is 0.667. The van der Waals surface area contributed by atoms with Gasteiger partial charge in [-0.25, -0.2) is 0 Å². The lowest BCUT2D eigenvalue weighted by Crippen LogP contribution is -2.30. The molecule has 4 unspecified atom stereocenters. The second kappa shape index (κ2) is 5.34. The molecule has 0 aromatic carbocycles. The van der Waals surface area contributed by atoms with E-state index in [1.165, 1.54) is 4.88 Å². The van der Waals surface area contributed by atoms with Crippen LogP contribution in [0.1, 0.15) is 30.4 Å². The van der Waals surface area contributed by atoms with Crippen LogP contribution in [0, 0.1) is 6.92 Å². The lowest BCUT2D eigenvalue weighted by molar-refractivity contribution is 0.180. The van der Waals surface area contributed by atoms with Gasteiger partial charge in [0.05, 0.1) is 6.10 Å². The third kappa shape index (κ3) is 2.78. The van der Waals surface area contributed by atoms with Crippen molar-refractivity contribution in [2.24, 2.45) is 0 Å². The topological polar surface area (TPSA) is 20.2 Å². The molecule has 4 atom stereocenters. The minimum Gasteiger partial charge on any atom is -0.387 e. The maximum atomic E-state index is 10.3. The van der Waals surface area contributed by atoms with Gasteiger partial charge in [0, 0.05) is 26.4 Å². The lowest BCUT2D eigenvalue weighted by atomic mass is 10.1. The third-order valence-corrected chi connectivity index (χ3v) is 7.38. The molecular formula is C12H18OS3. The first kappa shape index (κ1) is 12.8. The van der Waals surface area contributed by atoms with Crippen molar-refractivity contribution in [1.82, 2.24) is 0 Å². The smallest absolute Gasteiger partial charge is 0.0924 e. The van der Waals surface area contributed by atoms with Gasteiger partial charge in [-0.05, 0) is 23.9 Å². The van der Waals surface area contributed by atoms with Crippen molar-refractivity contribution in [3.8, 4) is 0 Å². The Labute approximate surface area is 110 Å². The third-order valence-electron chi connectivity index (χ3n) is 3.02. The second-order valence-corrected chi connectivity index (χ2v) is 8.50. The van der Waals surface area contributed by atoms with Crippen molar-refractivity contribution in [3.05, 3.63) is 21.9 Å². The van der Waals surface area contributed by atoms with Crippen LogP contribution in [0.25, 0.3) is 0 Å². The molecule has 1 nitrogen and oxygen atoms in total. The van der Waals surface area contributed by atoms with Gasteiger partial charge in [-0.1, -0.05) is 13.8 Å². The highest BCUT2D eigenvalue weighted by molar-refractivity contribution is 8.07. The zero-order chi connectivity index (χ0) is 11.7. The molecular weight excluding hydrogens is 256 g/mol. The molecule has 16 heavy (non-hydrogen) atoms. The molecule has 1 aromatic heterocycles. The van der Waals surface area contributed by atoms with Crippen molar-refractivity contribution in [2.75, 3.05) is 5.75 Å². The number of thiophene rings is 1. The quantitative estimate of drug-likeness (QED) is 0.887. The summed E-state index contributed by atoms with van der Waals surface area (Å²) in [5.41, 5.74) is 1.10. The summed E-state index contributed by atoms with van der Waals surface area (Å²) in [4.78, 5) is 1.28. The van der Waals surface area contributed by atoms with Crippen LogP contribution in [0.3, 0.4) is 0 Å². The van der Waals surface area contributed by atoms with Crippen LogP contribution in [-0.4, -0.2) is 26.6 Å². The number of hydrogen-bond acceptors (Lipinski definition) is 4. The first-order valence-electron chi connectivity index (χ1n) is 5.58. The molecule has 1 aromatic rings. The number of aliphatic hydroxyl groups excluding tert-OH is 1.